The topological polar surface area (TPSA) is 43.6 Å². The van der Waals surface area contributed by atoms with Gasteiger partial charge in [0.15, 0.2) is 11.6 Å². The van der Waals surface area contributed by atoms with E-state index in [0.29, 0.717) is 17.6 Å². The molecule has 0 saturated heterocycles. The summed E-state index contributed by atoms with van der Waals surface area (Å²) in [6, 6.07) is 72.8. The zero-order chi connectivity index (χ0) is 37.7. The maximum Gasteiger partial charge on any atom is 0.238 e. The van der Waals surface area contributed by atoms with Crippen LogP contribution in [0.2, 0.25) is 0 Å². The largest absolute Gasteiger partial charge is 0.277 e. The zero-order valence-electron chi connectivity index (χ0n) is 30.9. The molecule has 11 rings (SSSR count). The SMILES string of the molecule is c1ccc(-c2cccc(-c3nc(-c4ccc(-c5cccc6cccc(-c7ccccc7)c56)cc4)nc(-n4c5ccccc5c5ccc6ccccc6c54)n3)c2)cc1. The third-order valence-electron chi connectivity index (χ3n) is 11.1. The second kappa shape index (κ2) is 13.6. The number of hydrogen-bond acceptors (Lipinski definition) is 3. The van der Waals surface area contributed by atoms with E-state index in [1.54, 1.807) is 0 Å². The molecule has 9 aromatic carbocycles. The molecule has 0 aliphatic heterocycles. The van der Waals surface area contributed by atoms with Crippen molar-refractivity contribution >= 4 is 43.4 Å². The zero-order valence-corrected chi connectivity index (χ0v) is 30.9. The van der Waals surface area contributed by atoms with Crippen LogP contribution in [0.25, 0.3) is 105 Å². The summed E-state index contributed by atoms with van der Waals surface area (Å²) in [5.74, 6) is 1.80. The first-order valence-electron chi connectivity index (χ1n) is 19.3. The molecular formula is C53H34N4. The quantitative estimate of drug-likeness (QED) is 0.171. The second-order valence-electron chi connectivity index (χ2n) is 14.4. The van der Waals surface area contributed by atoms with Gasteiger partial charge in [-0.25, -0.2) is 4.98 Å². The number of fused-ring (bicyclic) bond motifs is 6. The van der Waals surface area contributed by atoms with E-state index in [-0.39, 0.29) is 0 Å². The van der Waals surface area contributed by atoms with Crippen molar-refractivity contribution in [2.45, 2.75) is 0 Å². The minimum absolute atomic E-state index is 0.577. The van der Waals surface area contributed by atoms with Gasteiger partial charge in [-0.1, -0.05) is 194 Å². The van der Waals surface area contributed by atoms with E-state index in [1.165, 1.54) is 32.8 Å². The molecule has 0 spiro atoms. The summed E-state index contributed by atoms with van der Waals surface area (Å²) in [6.45, 7) is 0. The van der Waals surface area contributed by atoms with E-state index in [1.807, 2.05) is 6.07 Å². The van der Waals surface area contributed by atoms with Crippen molar-refractivity contribution in [3.63, 3.8) is 0 Å². The summed E-state index contributed by atoms with van der Waals surface area (Å²) in [4.78, 5) is 15.8. The fourth-order valence-corrected chi connectivity index (χ4v) is 8.37. The normalized spacial score (nSPS) is 11.5. The van der Waals surface area contributed by atoms with Crippen LogP contribution in [0.15, 0.2) is 206 Å². The predicted octanol–water partition coefficient (Wildman–Crippen LogP) is 13.6. The van der Waals surface area contributed by atoms with Crippen molar-refractivity contribution in [3.8, 4) is 62.1 Å². The van der Waals surface area contributed by atoms with Gasteiger partial charge in [-0.05, 0) is 61.7 Å². The standard InChI is InChI=1S/C53H34N4/c1-3-14-35(15-4-1)41-21-11-22-42(34-41)52-54-51(55-53(56-52)57-48-27-10-9-24-46(48)47-33-32-37-18-7-8-23-45(37)50(47)57)40-30-28-38(29-31-40)44-26-13-20-39-19-12-25-43(49(39)44)36-16-5-2-6-17-36/h1-34H. The molecule has 0 N–H and O–H groups in total. The fourth-order valence-electron chi connectivity index (χ4n) is 8.37. The second-order valence-corrected chi connectivity index (χ2v) is 14.4. The minimum atomic E-state index is 0.577. The highest BCUT2D eigenvalue weighted by Crippen LogP contribution is 2.39. The van der Waals surface area contributed by atoms with Gasteiger partial charge in [0.1, 0.15) is 0 Å². The first kappa shape index (κ1) is 32.7. The summed E-state index contributed by atoms with van der Waals surface area (Å²) in [5, 5.41) is 7.07. The highest BCUT2D eigenvalue weighted by atomic mass is 15.2. The van der Waals surface area contributed by atoms with Gasteiger partial charge in [0, 0.05) is 27.3 Å². The number of nitrogens with zero attached hydrogens (tertiary/aromatic N) is 4. The van der Waals surface area contributed by atoms with Gasteiger partial charge in [0.2, 0.25) is 5.95 Å². The molecule has 2 heterocycles. The number of hydrogen-bond donors (Lipinski definition) is 0. The molecule has 4 nitrogen and oxygen atoms in total. The molecule has 2 aromatic heterocycles. The monoisotopic (exact) mass is 726 g/mol. The number of aromatic nitrogens is 4. The third-order valence-corrected chi connectivity index (χ3v) is 11.1. The predicted molar refractivity (Wildman–Crippen MR) is 236 cm³/mol. The molecule has 0 atom stereocenters. The molecule has 0 unspecified atom stereocenters. The Hall–Kier alpha value is -7.69. The van der Waals surface area contributed by atoms with Crippen LogP contribution in [0, 0.1) is 0 Å². The lowest BCUT2D eigenvalue weighted by molar-refractivity contribution is 0.955. The van der Waals surface area contributed by atoms with Crippen LogP contribution in [-0.2, 0) is 0 Å². The average molecular weight is 727 g/mol. The molecule has 0 aliphatic carbocycles. The lowest BCUT2D eigenvalue weighted by Crippen LogP contribution is -2.06. The Labute approximate surface area is 330 Å². The van der Waals surface area contributed by atoms with Crippen LogP contribution in [0.5, 0.6) is 0 Å². The lowest BCUT2D eigenvalue weighted by atomic mass is 9.91. The van der Waals surface area contributed by atoms with Gasteiger partial charge in [0.25, 0.3) is 0 Å². The van der Waals surface area contributed by atoms with Gasteiger partial charge in [-0.15, -0.1) is 0 Å². The van der Waals surface area contributed by atoms with Crippen molar-refractivity contribution in [1.29, 1.82) is 0 Å². The first-order valence-corrected chi connectivity index (χ1v) is 19.3. The molecule has 0 fully saturated rings. The van der Waals surface area contributed by atoms with Gasteiger partial charge in [-0.3, -0.25) is 4.57 Å². The highest BCUT2D eigenvalue weighted by Gasteiger charge is 2.20. The average Bonchev–Trinajstić information content (AvgIpc) is 3.64. The molecule has 57 heavy (non-hydrogen) atoms. The lowest BCUT2D eigenvalue weighted by Gasteiger charge is -2.14. The Kier molecular flexibility index (Phi) is 7.78. The summed E-state index contributed by atoms with van der Waals surface area (Å²) >= 11 is 0. The van der Waals surface area contributed by atoms with E-state index in [0.717, 1.165) is 55.0 Å². The molecule has 0 radical (unpaired) electrons. The van der Waals surface area contributed by atoms with Gasteiger partial charge < -0.3 is 0 Å². The molecule has 266 valence electrons. The van der Waals surface area contributed by atoms with Crippen molar-refractivity contribution in [2.24, 2.45) is 0 Å². The molecule has 11 aromatic rings. The highest BCUT2D eigenvalue weighted by molar-refractivity contribution is 6.18. The molecule has 0 amide bonds. The van der Waals surface area contributed by atoms with Crippen LogP contribution in [0.3, 0.4) is 0 Å². The van der Waals surface area contributed by atoms with Crippen molar-refractivity contribution in [3.05, 3.63) is 206 Å². The molecule has 0 saturated carbocycles. The van der Waals surface area contributed by atoms with Gasteiger partial charge in [-0.2, -0.15) is 9.97 Å². The molecule has 4 heteroatoms. The Balaban J connectivity index is 1.12. The van der Waals surface area contributed by atoms with Crippen LogP contribution in [0.1, 0.15) is 0 Å². The summed E-state index contributed by atoms with van der Waals surface area (Å²) in [7, 11) is 0. The minimum Gasteiger partial charge on any atom is -0.277 e. The van der Waals surface area contributed by atoms with Crippen molar-refractivity contribution in [2.75, 3.05) is 0 Å². The number of para-hydroxylation sites is 1. The molecular weight excluding hydrogens is 693 g/mol. The van der Waals surface area contributed by atoms with Gasteiger partial charge in [0.05, 0.1) is 11.0 Å². The maximum atomic E-state index is 5.31. The summed E-state index contributed by atoms with van der Waals surface area (Å²) in [6.07, 6.45) is 0. The third kappa shape index (κ3) is 5.66. The van der Waals surface area contributed by atoms with E-state index in [2.05, 4.69) is 205 Å². The smallest absolute Gasteiger partial charge is 0.238 e. The maximum absolute atomic E-state index is 5.31. The van der Waals surface area contributed by atoms with E-state index in [9.17, 15) is 0 Å². The van der Waals surface area contributed by atoms with E-state index >= 15 is 0 Å². The number of rotatable bonds is 6. The van der Waals surface area contributed by atoms with E-state index < -0.39 is 0 Å². The fraction of sp³-hybridized carbons (Fsp3) is 0. The van der Waals surface area contributed by atoms with E-state index in [4.69, 9.17) is 15.0 Å². The van der Waals surface area contributed by atoms with Crippen LogP contribution >= 0.6 is 0 Å². The Morgan fingerprint density at radius 3 is 1.61 bits per heavy atom. The molecule has 0 aliphatic rings. The van der Waals surface area contributed by atoms with Crippen molar-refractivity contribution in [1.82, 2.24) is 19.5 Å². The summed E-state index contributed by atoms with van der Waals surface area (Å²) < 4.78 is 2.22. The molecule has 0 bridgehead atoms. The van der Waals surface area contributed by atoms with Crippen LogP contribution < -0.4 is 0 Å². The Morgan fingerprint density at radius 1 is 0.316 bits per heavy atom. The Morgan fingerprint density at radius 2 is 0.860 bits per heavy atom. The van der Waals surface area contributed by atoms with Crippen LogP contribution in [0.4, 0.5) is 0 Å². The Bertz CT molecular complexity index is 3270. The van der Waals surface area contributed by atoms with Crippen molar-refractivity contribution < 1.29 is 0 Å². The summed E-state index contributed by atoms with van der Waals surface area (Å²) in [5.41, 5.74) is 10.9. The van der Waals surface area contributed by atoms with Gasteiger partial charge >= 0.3 is 0 Å². The van der Waals surface area contributed by atoms with Crippen LogP contribution in [-0.4, -0.2) is 19.5 Å². The number of benzene rings is 9. The first-order chi connectivity index (χ1) is 28.3.